The van der Waals surface area contributed by atoms with Crippen LogP contribution in [-0.2, 0) is 10.4 Å². The fourth-order valence-corrected chi connectivity index (χ4v) is 3.50. The monoisotopic (exact) mass is 418 g/mol. The first-order valence-electron chi connectivity index (χ1n) is 7.90. The fraction of sp³-hybridized carbons (Fsp3) is 0.222. The van der Waals surface area contributed by atoms with Crippen molar-refractivity contribution in [1.82, 2.24) is 0 Å². The number of carbonyl (C=O) groups is 2. The summed E-state index contributed by atoms with van der Waals surface area (Å²) in [5.74, 6) is -1.12. The lowest BCUT2D eigenvalue weighted by molar-refractivity contribution is -0.384. The quantitative estimate of drug-likeness (QED) is 0.456. The van der Waals surface area contributed by atoms with E-state index in [4.69, 9.17) is 0 Å². The van der Waals surface area contributed by atoms with Gasteiger partial charge in [-0.05, 0) is 25.1 Å². The number of carbonyl (C=O) groups excluding carboxylic acids is 2. The maximum Gasteiger partial charge on any atom is 0.270 e. The summed E-state index contributed by atoms with van der Waals surface area (Å²) in [6, 6.07) is 10.3. The summed E-state index contributed by atoms with van der Waals surface area (Å²) >= 11 is 3.31. The van der Waals surface area contributed by atoms with Gasteiger partial charge in [-0.1, -0.05) is 28.1 Å². The first-order chi connectivity index (χ1) is 12.3. The standard InChI is InChI=1S/C18H15BrN2O5/c1-2-20-15-7-6-12(19)9-14(15)18(24,17(20)23)10-16(22)11-4-3-5-13(8-11)21(25)26/h3-9,24H,2,10H2,1H3/t18-/m0/s1. The summed E-state index contributed by atoms with van der Waals surface area (Å²) in [7, 11) is 0. The van der Waals surface area contributed by atoms with E-state index in [0.29, 0.717) is 22.3 Å². The molecule has 1 atom stereocenters. The number of likely N-dealkylation sites (N-methyl/N-ethyl adjacent to an activating group) is 1. The van der Waals surface area contributed by atoms with Crippen LogP contribution < -0.4 is 4.90 Å². The third-order valence-corrected chi connectivity index (χ3v) is 4.90. The molecule has 2 aromatic carbocycles. The van der Waals surface area contributed by atoms with E-state index in [-0.39, 0.29) is 11.3 Å². The Labute approximate surface area is 157 Å². The maximum absolute atomic E-state index is 12.8. The number of fused-ring (bicyclic) bond motifs is 1. The lowest BCUT2D eigenvalue weighted by atomic mass is 9.88. The van der Waals surface area contributed by atoms with Gasteiger partial charge in [0, 0.05) is 34.3 Å². The number of ketones is 1. The zero-order valence-corrected chi connectivity index (χ0v) is 15.4. The van der Waals surface area contributed by atoms with E-state index < -0.39 is 28.6 Å². The summed E-state index contributed by atoms with van der Waals surface area (Å²) < 4.78 is 0.670. The first kappa shape index (κ1) is 18.2. The predicted octanol–water partition coefficient (Wildman–Crippen LogP) is 3.18. The van der Waals surface area contributed by atoms with Gasteiger partial charge in [-0.3, -0.25) is 19.7 Å². The van der Waals surface area contributed by atoms with Gasteiger partial charge in [-0.2, -0.15) is 0 Å². The van der Waals surface area contributed by atoms with Crippen LogP contribution in [0.4, 0.5) is 11.4 Å². The molecule has 0 saturated heterocycles. The van der Waals surface area contributed by atoms with Crippen LogP contribution in [0.1, 0.15) is 29.3 Å². The molecule has 1 N–H and O–H groups in total. The van der Waals surface area contributed by atoms with Gasteiger partial charge in [-0.25, -0.2) is 0 Å². The largest absolute Gasteiger partial charge is 0.375 e. The van der Waals surface area contributed by atoms with Crippen molar-refractivity contribution < 1.29 is 19.6 Å². The summed E-state index contributed by atoms with van der Waals surface area (Å²) in [6.07, 6.45) is -0.493. The molecule has 3 rings (SSSR count). The third-order valence-electron chi connectivity index (χ3n) is 4.41. The van der Waals surface area contributed by atoms with Crippen molar-refractivity contribution in [2.75, 3.05) is 11.4 Å². The van der Waals surface area contributed by atoms with Crippen LogP contribution in [-0.4, -0.2) is 28.3 Å². The minimum Gasteiger partial charge on any atom is -0.375 e. The van der Waals surface area contributed by atoms with Crippen LogP contribution in [0.3, 0.4) is 0 Å². The number of anilines is 1. The zero-order chi connectivity index (χ0) is 19.1. The Morgan fingerprint density at radius 3 is 2.69 bits per heavy atom. The first-order valence-corrected chi connectivity index (χ1v) is 8.69. The Kier molecular flexibility index (Phi) is 4.64. The van der Waals surface area contributed by atoms with Crippen molar-refractivity contribution in [3.05, 3.63) is 68.2 Å². The molecule has 0 aliphatic carbocycles. The minimum atomic E-state index is -2.00. The van der Waals surface area contributed by atoms with Gasteiger partial charge in [0.1, 0.15) is 0 Å². The summed E-state index contributed by atoms with van der Waals surface area (Å²) in [4.78, 5) is 37.1. The molecule has 0 bridgehead atoms. The van der Waals surface area contributed by atoms with Crippen LogP contribution >= 0.6 is 15.9 Å². The predicted molar refractivity (Wildman–Crippen MR) is 98.1 cm³/mol. The molecule has 0 fully saturated rings. The smallest absolute Gasteiger partial charge is 0.270 e. The number of hydrogen-bond acceptors (Lipinski definition) is 5. The number of halogens is 1. The average molecular weight is 419 g/mol. The van der Waals surface area contributed by atoms with Crippen molar-refractivity contribution in [1.29, 1.82) is 0 Å². The van der Waals surface area contributed by atoms with E-state index in [9.17, 15) is 24.8 Å². The van der Waals surface area contributed by atoms with Crippen LogP contribution in [0.5, 0.6) is 0 Å². The van der Waals surface area contributed by atoms with Gasteiger partial charge in [-0.15, -0.1) is 0 Å². The highest BCUT2D eigenvalue weighted by Gasteiger charge is 2.50. The van der Waals surface area contributed by atoms with Crippen LogP contribution in [0.2, 0.25) is 0 Å². The van der Waals surface area contributed by atoms with Gasteiger partial charge in [0.25, 0.3) is 11.6 Å². The van der Waals surface area contributed by atoms with E-state index in [1.165, 1.54) is 23.1 Å². The van der Waals surface area contributed by atoms with Crippen LogP contribution in [0.25, 0.3) is 0 Å². The second kappa shape index (κ2) is 6.62. The van der Waals surface area contributed by atoms with Gasteiger partial charge < -0.3 is 10.0 Å². The Balaban J connectivity index is 2.00. The van der Waals surface area contributed by atoms with E-state index in [1.54, 1.807) is 25.1 Å². The second-order valence-electron chi connectivity index (χ2n) is 5.98. The third kappa shape index (κ3) is 2.91. The number of nitrogens with zero attached hydrogens (tertiary/aromatic N) is 2. The number of Topliss-reactive ketones (excluding diaryl/α,β-unsaturated/α-hetero) is 1. The van der Waals surface area contributed by atoms with Crippen molar-refractivity contribution in [2.24, 2.45) is 0 Å². The van der Waals surface area contributed by atoms with Gasteiger partial charge in [0.05, 0.1) is 17.0 Å². The molecule has 7 nitrogen and oxygen atoms in total. The minimum absolute atomic E-state index is 0.0759. The van der Waals surface area contributed by atoms with E-state index >= 15 is 0 Å². The molecule has 0 aromatic heterocycles. The molecule has 2 aromatic rings. The van der Waals surface area contributed by atoms with Crippen molar-refractivity contribution >= 4 is 39.0 Å². The van der Waals surface area contributed by atoms with Crippen LogP contribution in [0, 0.1) is 10.1 Å². The van der Waals surface area contributed by atoms with Crippen LogP contribution in [0.15, 0.2) is 46.9 Å². The van der Waals surface area contributed by atoms with Crippen molar-refractivity contribution in [3.8, 4) is 0 Å². The lowest BCUT2D eigenvalue weighted by Crippen LogP contribution is -2.41. The molecule has 1 heterocycles. The number of non-ortho nitro benzene ring substituents is 1. The zero-order valence-electron chi connectivity index (χ0n) is 13.8. The lowest BCUT2D eigenvalue weighted by Gasteiger charge is -2.22. The molecule has 1 aliphatic rings. The normalized spacial score (nSPS) is 18.7. The van der Waals surface area contributed by atoms with E-state index in [0.717, 1.165) is 6.07 Å². The Bertz CT molecular complexity index is 930. The van der Waals surface area contributed by atoms with Gasteiger partial charge in [0.15, 0.2) is 11.4 Å². The summed E-state index contributed by atoms with van der Waals surface area (Å²) in [5, 5.41) is 22.0. The molecular weight excluding hydrogens is 404 g/mol. The molecule has 0 unspecified atom stereocenters. The molecule has 0 radical (unpaired) electrons. The maximum atomic E-state index is 12.8. The van der Waals surface area contributed by atoms with Gasteiger partial charge in [0.2, 0.25) is 0 Å². The molecule has 0 spiro atoms. The molecule has 8 heteroatoms. The highest BCUT2D eigenvalue weighted by atomic mass is 79.9. The molecule has 134 valence electrons. The van der Waals surface area contributed by atoms with Crippen molar-refractivity contribution in [2.45, 2.75) is 18.9 Å². The van der Waals surface area contributed by atoms with Gasteiger partial charge >= 0.3 is 0 Å². The number of aliphatic hydroxyl groups is 1. The molecule has 1 amide bonds. The van der Waals surface area contributed by atoms with Crippen molar-refractivity contribution in [3.63, 3.8) is 0 Å². The van der Waals surface area contributed by atoms with E-state index in [2.05, 4.69) is 15.9 Å². The number of nitro benzene ring substituents is 1. The second-order valence-corrected chi connectivity index (χ2v) is 6.89. The van der Waals surface area contributed by atoms with E-state index in [1.807, 2.05) is 0 Å². The average Bonchev–Trinajstić information content (AvgIpc) is 2.82. The molecule has 0 saturated carbocycles. The molecule has 1 aliphatic heterocycles. The summed E-state index contributed by atoms with van der Waals surface area (Å²) in [6.45, 7) is 2.12. The number of rotatable bonds is 5. The topological polar surface area (TPSA) is 101 Å². The number of hydrogen-bond donors (Lipinski definition) is 1. The highest BCUT2D eigenvalue weighted by Crippen LogP contribution is 2.44. The Morgan fingerprint density at radius 2 is 2.04 bits per heavy atom. The number of nitro groups is 1. The number of benzene rings is 2. The Hall–Kier alpha value is -2.58. The molecule has 26 heavy (non-hydrogen) atoms. The molecular formula is C18H15BrN2O5. The fourth-order valence-electron chi connectivity index (χ4n) is 3.13. The summed E-state index contributed by atoms with van der Waals surface area (Å²) in [5.41, 5.74) is -1.25. The highest BCUT2D eigenvalue weighted by molar-refractivity contribution is 9.10. The Morgan fingerprint density at radius 1 is 1.31 bits per heavy atom. The SMILES string of the molecule is CCN1C(=O)[C@](O)(CC(=O)c2cccc([N+](=O)[O-])c2)c2cc(Br)ccc21. The number of amides is 1.